The number of carbonyl (C=O) groups is 14. The molecule has 7 saturated heterocycles. The first-order chi connectivity index (χ1) is 49.0. The summed E-state index contributed by atoms with van der Waals surface area (Å²) in [6.45, 7) is 5.27. The van der Waals surface area contributed by atoms with Gasteiger partial charge in [-0.3, -0.25) is 0 Å². The Morgan fingerprint density at radius 1 is 0.417 bits per heavy atom. The predicted octanol–water partition coefficient (Wildman–Crippen LogP) is 5.14. The van der Waals surface area contributed by atoms with Crippen molar-refractivity contribution in [3.8, 4) is 49.4 Å². The number of rotatable bonds is 17. The molecule has 8 fully saturated rings. The molecule has 2 aromatic rings. The molecule has 556 valence electrons. The third-order valence-electron chi connectivity index (χ3n) is 15.0. The Balaban J connectivity index is 0.000000256. The summed E-state index contributed by atoms with van der Waals surface area (Å²) in [4.78, 5) is 155. The van der Waals surface area contributed by atoms with Crippen molar-refractivity contribution in [2.75, 3.05) is 74.2 Å². The SMILES string of the molecule is C#CCOC(=O)C1(C)COC(=O)O1.C#CCOC(=O)C1(CC)COC(=O)O1.C#CCOC(=O)C1OC(=O)OC12CCCCC2.C#CCOC(=O)C1OC(=O)OC1Cc1ccccc1.CCC1(C(=O)OC)COC(=O)O1.COC(=O)C1(C)COC(=O)O1.COC(=O)C1OC(=O)OC1Cc1ccccc1. The van der Waals surface area contributed by atoms with Crippen LogP contribution >= 0.6 is 0 Å². The van der Waals surface area contributed by atoms with Crippen molar-refractivity contribution in [3.05, 3.63) is 71.8 Å². The Bertz CT molecular complexity index is 3520. The quantitative estimate of drug-likeness (QED) is 0.112. The van der Waals surface area contributed by atoms with Gasteiger partial charge in [0.05, 0.1) is 21.3 Å². The molecule has 8 aliphatic rings. The van der Waals surface area contributed by atoms with E-state index < -0.39 is 143 Å². The molecule has 10 rings (SSSR count). The fourth-order valence-corrected chi connectivity index (χ4v) is 9.51. The number of terminal acetylenes is 4. The van der Waals surface area contributed by atoms with Gasteiger partial charge in [-0.1, -0.05) is 105 Å². The number of cyclic esters (lactones) is 13. The summed E-state index contributed by atoms with van der Waals surface area (Å²) in [5.74, 6) is 4.20. The van der Waals surface area contributed by atoms with Gasteiger partial charge in [0.25, 0.3) is 0 Å². The summed E-state index contributed by atoms with van der Waals surface area (Å²) < 4.78 is 98.4. The molecule has 0 N–H and O–H groups in total. The highest BCUT2D eigenvalue weighted by Gasteiger charge is 2.57. The van der Waals surface area contributed by atoms with Crippen LogP contribution in [0.4, 0.5) is 33.6 Å². The second-order valence-corrected chi connectivity index (χ2v) is 22.2. The van der Waals surface area contributed by atoms with Crippen molar-refractivity contribution in [1.29, 1.82) is 0 Å². The van der Waals surface area contributed by atoms with Crippen molar-refractivity contribution in [2.24, 2.45) is 0 Å². The molecule has 2 aromatic carbocycles. The van der Waals surface area contributed by atoms with Crippen molar-refractivity contribution < 1.29 is 167 Å². The number of hydrogen-bond acceptors (Lipinski definition) is 35. The topological polar surface area (TPSA) is 433 Å². The fraction of sp³-hybridized carbons (Fsp3) is 0.500. The first kappa shape index (κ1) is 83.3. The first-order valence-electron chi connectivity index (χ1n) is 30.9. The summed E-state index contributed by atoms with van der Waals surface area (Å²) in [5.41, 5.74) is -4.08. The summed E-state index contributed by atoms with van der Waals surface area (Å²) in [6, 6.07) is 18.8. The van der Waals surface area contributed by atoms with Crippen molar-refractivity contribution in [1.82, 2.24) is 0 Å². The molecular formula is C68H74O35. The number of methoxy groups -OCH3 is 3. The van der Waals surface area contributed by atoms with Crippen LogP contribution in [0, 0.1) is 49.4 Å². The lowest BCUT2D eigenvalue weighted by Gasteiger charge is -2.32. The molecule has 35 heteroatoms. The van der Waals surface area contributed by atoms with Gasteiger partial charge < -0.3 is 99.5 Å². The fourth-order valence-electron chi connectivity index (χ4n) is 9.51. The average molecular weight is 1450 g/mol. The average Bonchev–Trinajstić information content (AvgIpc) is 1.65. The zero-order valence-corrected chi connectivity index (χ0v) is 56.8. The lowest BCUT2D eigenvalue weighted by atomic mass is 9.81. The largest absolute Gasteiger partial charge is 0.509 e. The number of ether oxygens (including phenoxy) is 21. The van der Waals surface area contributed by atoms with Gasteiger partial charge in [-0.05, 0) is 63.5 Å². The Morgan fingerprint density at radius 3 is 1.19 bits per heavy atom. The normalized spacial score (nSPS) is 24.8. The van der Waals surface area contributed by atoms with E-state index in [2.05, 4.69) is 75.8 Å². The highest BCUT2D eigenvalue weighted by molar-refractivity contribution is 5.87. The predicted molar refractivity (Wildman–Crippen MR) is 336 cm³/mol. The molecule has 7 aliphatic heterocycles. The molecule has 9 unspecified atom stereocenters. The van der Waals surface area contributed by atoms with Crippen LogP contribution in [0.2, 0.25) is 0 Å². The Morgan fingerprint density at radius 2 is 0.806 bits per heavy atom. The maximum atomic E-state index is 11.7. The molecule has 1 spiro atoms. The van der Waals surface area contributed by atoms with Crippen LogP contribution in [-0.2, 0) is 146 Å². The van der Waals surface area contributed by atoms with Crippen LogP contribution in [0.15, 0.2) is 60.7 Å². The van der Waals surface area contributed by atoms with Gasteiger partial charge in [-0.15, -0.1) is 25.7 Å². The van der Waals surface area contributed by atoms with E-state index >= 15 is 0 Å². The van der Waals surface area contributed by atoms with E-state index in [-0.39, 0.29) is 52.9 Å². The molecule has 0 amide bonds. The molecule has 9 atom stereocenters. The molecular weight excluding hydrogens is 1380 g/mol. The third-order valence-corrected chi connectivity index (χ3v) is 15.0. The summed E-state index contributed by atoms with van der Waals surface area (Å²) in [5, 5.41) is 0. The van der Waals surface area contributed by atoms with E-state index in [9.17, 15) is 67.1 Å². The second-order valence-electron chi connectivity index (χ2n) is 22.2. The maximum absolute atomic E-state index is 11.7. The smallest absolute Gasteiger partial charge is 0.466 e. The lowest BCUT2D eigenvalue weighted by molar-refractivity contribution is -0.161. The molecule has 35 nitrogen and oxygen atoms in total. The van der Waals surface area contributed by atoms with Crippen LogP contribution in [0.3, 0.4) is 0 Å². The molecule has 0 radical (unpaired) electrons. The molecule has 7 heterocycles. The van der Waals surface area contributed by atoms with Crippen LogP contribution in [0.25, 0.3) is 0 Å². The summed E-state index contributed by atoms with van der Waals surface area (Å²) >= 11 is 0. The minimum atomic E-state index is -1.35. The van der Waals surface area contributed by atoms with Gasteiger partial charge in [-0.25, -0.2) is 67.1 Å². The van der Waals surface area contributed by atoms with Gasteiger partial charge in [0, 0.05) is 12.8 Å². The van der Waals surface area contributed by atoms with Crippen LogP contribution < -0.4 is 0 Å². The Kier molecular flexibility index (Phi) is 32.5. The first-order valence-corrected chi connectivity index (χ1v) is 30.9. The van der Waals surface area contributed by atoms with Crippen molar-refractivity contribution >= 4 is 84.9 Å². The monoisotopic (exact) mass is 1450 g/mol. The van der Waals surface area contributed by atoms with Gasteiger partial charge >= 0.3 is 84.9 Å². The molecule has 0 aromatic heterocycles. The van der Waals surface area contributed by atoms with E-state index in [0.717, 1.165) is 30.4 Å². The van der Waals surface area contributed by atoms with Gasteiger partial charge in [0.1, 0.15) is 26.4 Å². The van der Waals surface area contributed by atoms with Crippen LogP contribution in [0.5, 0.6) is 0 Å². The maximum Gasteiger partial charge on any atom is 0.509 e. The summed E-state index contributed by atoms with van der Waals surface area (Å²) in [7, 11) is 3.71. The highest BCUT2D eigenvalue weighted by atomic mass is 16.8. The van der Waals surface area contributed by atoms with Crippen molar-refractivity contribution in [3.63, 3.8) is 0 Å². The number of hydrogen-bond donors (Lipinski definition) is 0. The van der Waals surface area contributed by atoms with Crippen molar-refractivity contribution in [2.45, 2.75) is 144 Å². The second kappa shape index (κ2) is 40.2. The van der Waals surface area contributed by atoms with Gasteiger partial charge in [0.2, 0.25) is 40.7 Å². The number of benzene rings is 2. The molecule has 103 heavy (non-hydrogen) atoms. The highest BCUT2D eigenvalue weighted by Crippen LogP contribution is 2.41. The zero-order chi connectivity index (χ0) is 76.4. The minimum Gasteiger partial charge on any atom is -0.466 e. The van der Waals surface area contributed by atoms with Gasteiger partial charge in [-0.2, -0.15) is 0 Å². The lowest BCUT2D eigenvalue weighted by Crippen LogP contribution is -2.46. The number of esters is 7. The Hall–Kier alpha value is -12.1. The Labute approximate surface area is 589 Å². The zero-order valence-electron chi connectivity index (χ0n) is 56.8. The summed E-state index contributed by atoms with van der Waals surface area (Å²) in [6.07, 6.45) is 15.2. The van der Waals surface area contributed by atoms with E-state index in [0.29, 0.717) is 38.5 Å². The molecule has 1 saturated carbocycles. The van der Waals surface area contributed by atoms with Gasteiger partial charge in [0.15, 0.2) is 44.2 Å². The third kappa shape index (κ3) is 24.3. The standard InChI is InChI=1S/C14H12O5.C12H12O5.C12H14O5.C9H10O5.C8H8O5.C7H10O5.C6H8O5/c1-2-8-17-13(15)12-11(18-14(16)19-12)9-10-6-4-3-5-7-10;1-15-11(13)10-9(16-12(14)17-10)7-8-5-3-2-4-6-8;1-2-8-15-10(13)9-12(17-11(14)16-9)6-4-3-5-7-12;1-3-5-12-7(10)9(4-2)6-13-8(11)14-9;1-3-4-11-6(9)8(2)5-12-7(10)13-8;1-3-7(5(8)10-2)4-11-6(9)12-7;1-6(4(7)9-2)3-10-5(8)11-6/h1,3-7,11-12H,8-9H2;2-6,9-10H,7H2,1H3;1,9H,3-8H2;1H,4-6H2,2H3;1H,4-5H2,2H3;3-4H2,1-2H3;3H2,1-2H3. The molecule has 1 aliphatic carbocycles. The minimum absolute atomic E-state index is 0.0605. The van der Waals surface area contributed by atoms with E-state index in [1.807, 2.05) is 60.7 Å². The number of carbonyl (C=O) groups excluding carboxylic acids is 14. The van der Waals surface area contributed by atoms with Crippen LogP contribution in [0.1, 0.15) is 83.8 Å². The van der Waals surface area contributed by atoms with Crippen LogP contribution in [-0.4, -0.2) is 218 Å². The van der Waals surface area contributed by atoms with E-state index in [4.69, 9.17) is 73.1 Å². The van der Waals surface area contributed by atoms with E-state index in [1.165, 1.54) is 35.2 Å². The van der Waals surface area contributed by atoms with E-state index in [1.54, 1.807) is 13.8 Å². The molecule has 0 bridgehead atoms.